The Bertz CT molecular complexity index is 503. The average Bonchev–Trinajstić information content (AvgIpc) is 2.34. The molecule has 0 aliphatic heterocycles. The highest BCUT2D eigenvalue weighted by Crippen LogP contribution is 2.24. The van der Waals surface area contributed by atoms with Crippen LogP contribution in [0.5, 0.6) is 0 Å². The fourth-order valence-corrected chi connectivity index (χ4v) is 1.74. The number of hydrogen-bond acceptors (Lipinski definition) is 2. The first-order valence-corrected chi connectivity index (χ1v) is 5.85. The van der Waals surface area contributed by atoms with Crippen LogP contribution in [-0.4, -0.2) is 24.2 Å². The number of anilines is 1. The van der Waals surface area contributed by atoms with Crippen molar-refractivity contribution < 1.29 is 9.90 Å². The van der Waals surface area contributed by atoms with Crippen LogP contribution >= 0.6 is 11.6 Å². The molecule has 0 aliphatic carbocycles. The van der Waals surface area contributed by atoms with Crippen LogP contribution in [0.1, 0.15) is 12.5 Å². The molecule has 1 rings (SSSR count). The van der Waals surface area contributed by atoms with Gasteiger partial charge in [-0.15, -0.1) is 6.42 Å². The molecule has 0 spiro atoms. The van der Waals surface area contributed by atoms with Gasteiger partial charge in [0.25, 0.3) is 0 Å². The monoisotopic (exact) mass is 263 g/mol. The summed E-state index contributed by atoms with van der Waals surface area (Å²) in [6.07, 6.45) is 7.81. The number of halogens is 1. The van der Waals surface area contributed by atoms with Gasteiger partial charge in [-0.3, -0.25) is 0 Å². The number of nitrogens with zero attached hydrogens (tertiary/aromatic N) is 1. The third kappa shape index (κ3) is 3.83. The minimum atomic E-state index is -1.00. The molecule has 0 aliphatic rings. The quantitative estimate of drug-likeness (QED) is 0.656. The molecule has 1 N–H and O–H groups in total. The van der Waals surface area contributed by atoms with E-state index in [0.29, 0.717) is 17.1 Å². The lowest BCUT2D eigenvalue weighted by Crippen LogP contribution is -2.22. The molecule has 0 saturated heterocycles. The second-order valence-corrected chi connectivity index (χ2v) is 4.00. The van der Waals surface area contributed by atoms with Crippen molar-refractivity contribution in [3.05, 3.63) is 34.9 Å². The van der Waals surface area contributed by atoms with Gasteiger partial charge in [0.05, 0.1) is 6.54 Å². The molecule has 0 aromatic heterocycles. The normalized spacial score (nSPS) is 10.3. The van der Waals surface area contributed by atoms with E-state index in [9.17, 15) is 4.79 Å². The van der Waals surface area contributed by atoms with E-state index in [1.165, 1.54) is 6.08 Å². The zero-order chi connectivity index (χ0) is 13.5. The minimum Gasteiger partial charge on any atom is -0.478 e. The number of carboxylic acids is 1. The van der Waals surface area contributed by atoms with E-state index in [4.69, 9.17) is 23.1 Å². The molecule has 0 radical (unpaired) electrons. The van der Waals surface area contributed by atoms with Gasteiger partial charge in [0.1, 0.15) is 0 Å². The summed E-state index contributed by atoms with van der Waals surface area (Å²) in [7, 11) is 0. The summed E-state index contributed by atoms with van der Waals surface area (Å²) in [5.74, 6) is 1.58. The fraction of sp³-hybridized carbons (Fsp3) is 0.214. The molecule has 0 bridgehead atoms. The summed E-state index contributed by atoms with van der Waals surface area (Å²) in [6.45, 7) is 3.30. The number of benzene rings is 1. The minimum absolute atomic E-state index is 0.500. The summed E-state index contributed by atoms with van der Waals surface area (Å²) in [5.41, 5.74) is 1.59. The molecule has 94 valence electrons. The maximum atomic E-state index is 10.4. The molecular weight excluding hydrogens is 250 g/mol. The Labute approximate surface area is 112 Å². The highest BCUT2D eigenvalue weighted by atomic mass is 35.5. The summed E-state index contributed by atoms with van der Waals surface area (Å²) in [5, 5.41) is 9.06. The van der Waals surface area contributed by atoms with Crippen LogP contribution in [-0.2, 0) is 4.79 Å². The lowest BCUT2D eigenvalue weighted by molar-refractivity contribution is -0.131. The van der Waals surface area contributed by atoms with E-state index in [1.54, 1.807) is 12.1 Å². The van der Waals surface area contributed by atoms with Crippen LogP contribution < -0.4 is 4.90 Å². The molecule has 0 amide bonds. The second-order valence-electron chi connectivity index (χ2n) is 3.60. The van der Waals surface area contributed by atoms with Crippen molar-refractivity contribution in [2.24, 2.45) is 0 Å². The topological polar surface area (TPSA) is 40.5 Å². The van der Waals surface area contributed by atoms with Crippen molar-refractivity contribution in [2.75, 3.05) is 18.0 Å². The molecule has 3 nitrogen and oxygen atoms in total. The third-order valence-electron chi connectivity index (χ3n) is 2.42. The summed E-state index contributed by atoms with van der Waals surface area (Å²) in [6, 6.07) is 5.43. The predicted molar refractivity (Wildman–Crippen MR) is 74.8 cm³/mol. The second kappa shape index (κ2) is 6.73. The van der Waals surface area contributed by atoms with Crippen LogP contribution in [0, 0.1) is 12.3 Å². The smallest absolute Gasteiger partial charge is 0.328 e. The van der Waals surface area contributed by atoms with Crippen molar-refractivity contribution in [3.63, 3.8) is 0 Å². The lowest BCUT2D eigenvalue weighted by Gasteiger charge is -2.20. The van der Waals surface area contributed by atoms with E-state index in [2.05, 4.69) is 5.92 Å². The molecule has 0 unspecified atom stereocenters. The van der Waals surface area contributed by atoms with Crippen LogP contribution in [0.25, 0.3) is 6.08 Å². The Morgan fingerprint density at radius 1 is 1.61 bits per heavy atom. The van der Waals surface area contributed by atoms with Crippen LogP contribution in [0.3, 0.4) is 0 Å². The number of aliphatic carboxylic acids is 1. The summed E-state index contributed by atoms with van der Waals surface area (Å²) in [4.78, 5) is 12.4. The van der Waals surface area contributed by atoms with Gasteiger partial charge in [0, 0.05) is 23.3 Å². The third-order valence-corrected chi connectivity index (χ3v) is 2.75. The molecule has 1 aromatic rings. The van der Waals surface area contributed by atoms with E-state index in [0.717, 1.165) is 18.3 Å². The van der Waals surface area contributed by atoms with E-state index >= 15 is 0 Å². The van der Waals surface area contributed by atoms with Crippen LogP contribution in [0.2, 0.25) is 5.02 Å². The van der Waals surface area contributed by atoms with Crippen molar-refractivity contribution in [1.29, 1.82) is 0 Å². The Morgan fingerprint density at radius 3 is 2.83 bits per heavy atom. The van der Waals surface area contributed by atoms with Gasteiger partial charge in [-0.05, 0) is 30.7 Å². The SMILES string of the molecule is C#CCN(CC)c1ccc(/C=C/C(=O)O)c(Cl)c1. The Balaban J connectivity index is 2.98. The van der Waals surface area contributed by atoms with Gasteiger partial charge in [0.2, 0.25) is 0 Å². The zero-order valence-electron chi connectivity index (χ0n) is 10.1. The van der Waals surface area contributed by atoms with Gasteiger partial charge in [-0.25, -0.2) is 4.79 Å². The molecule has 0 atom stereocenters. The number of carbonyl (C=O) groups is 1. The summed E-state index contributed by atoms with van der Waals surface area (Å²) >= 11 is 6.09. The molecule has 0 saturated carbocycles. The average molecular weight is 264 g/mol. The molecule has 1 aromatic carbocycles. The van der Waals surface area contributed by atoms with E-state index < -0.39 is 5.97 Å². The van der Waals surface area contributed by atoms with Gasteiger partial charge >= 0.3 is 5.97 Å². The van der Waals surface area contributed by atoms with Gasteiger partial charge in [-0.2, -0.15) is 0 Å². The highest BCUT2D eigenvalue weighted by Gasteiger charge is 2.05. The number of hydrogen-bond donors (Lipinski definition) is 1. The predicted octanol–water partition coefficient (Wildman–Crippen LogP) is 2.90. The van der Waals surface area contributed by atoms with Gasteiger partial charge in [-0.1, -0.05) is 23.6 Å². The van der Waals surface area contributed by atoms with E-state index in [1.807, 2.05) is 17.9 Å². The molecule has 4 heteroatoms. The first-order valence-electron chi connectivity index (χ1n) is 5.47. The summed E-state index contributed by atoms with van der Waals surface area (Å²) < 4.78 is 0. The van der Waals surface area contributed by atoms with Crippen molar-refractivity contribution in [3.8, 4) is 12.3 Å². The van der Waals surface area contributed by atoms with Gasteiger partial charge in [0.15, 0.2) is 0 Å². The first-order chi connectivity index (χ1) is 8.58. The Hall–Kier alpha value is -1.92. The van der Waals surface area contributed by atoms with Crippen molar-refractivity contribution in [1.82, 2.24) is 0 Å². The number of carboxylic acid groups (broad SMARTS) is 1. The van der Waals surface area contributed by atoms with Gasteiger partial charge < -0.3 is 10.0 Å². The highest BCUT2D eigenvalue weighted by molar-refractivity contribution is 6.32. The Kier molecular flexibility index (Phi) is 5.29. The van der Waals surface area contributed by atoms with Crippen molar-refractivity contribution >= 4 is 29.3 Å². The zero-order valence-corrected chi connectivity index (χ0v) is 10.8. The molecule has 0 fully saturated rings. The maximum absolute atomic E-state index is 10.4. The standard InChI is InChI=1S/C14H14ClNO2/c1-3-9-16(4-2)12-7-5-11(13(15)10-12)6-8-14(17)18/h1,5-8,10H,4,9H2,2H3,(H,17,18)/b8-6+. The molecule has 18 heavy (non-hydrogen) atoms. The number of rotatable bonds is 5. The first kappa shape index (κ1) is 14.1. The van der Waals surface area contributed by atoms with Crippen molar-refractivity contribution in [2.45, 2.75) is 6.92 Å². The Morgan fingerprint density at radius 2 is 2.33 bits per heavy atom. The molecule has 0 heterocycles. The fourth-order valence-electron chi connectivity index (χ4n) is 1.50. The van der Waals surface area contributed by atoms with Crippen LogP contribution in [0.4, 0.5) is 5.69 Å². The number of terminal acetylenes is 1. The largest absolute Gasteiger partial charge is 0.478 e. The lowest BCUT2D eigenvalue weighted by atomic mass is 10.1. The van der Waals surface area contributed by atoms with E-state index in [-0.39, 0.29) is 0 Å². The van der Waals surface area contributed by atoms with Crippen LogP contribution in [0.15, 0.2) is 24.3 Å². The maximum Gasteiger partial charge on any atom is 0.328 e. The molecular formula is C14H14ClNO2.